The Morgan fingerprint density at radius 1 is 1.28 bits per heavy atom. The Morgan fingerprint density at radius 2 is 1.94 bits per heavy atom. The molecule has 0 bridgehead atoms. The van der Waals surface area contributed by atoms with Gasteiger partial charge in [-0.15, -0.1) is 0 Å². The van der Waals surface area contributed by atoms with Gasteiger partial charge in [-0.2, -0.15) is 0 Å². The van der Waals surface area contributed by atoms with Crippen LogP contribution in [0.4, 0.5) is 5.69 Å². The minimum atomic E-state index is -1.01. The van der Waals surface area contributed by atoms with E-state index in [1.165, 1.54) is 12.1 Å². The van der Waals surface area contributed by atoms with Crippen LogP contribution in [0.5, 0.6) is 0 Å². The summed E-state index contributed by atoms with van der Waals surface area (Å²) < 4.78 is 0. The smallest absolute Gasteiger partial charge is 0.335 e. The second-order valence-electron chi connectivity index (χ2n) is 5.04. The molecule has 3 N–H and O–H groups in total. The molecule has 1 rings (SSSR count). The van der Waals surface area contributed by atoms with Crippen LogP contribution in [0.2, 0.25) is 0 Å². The molecule has 0 aromatic heterocycles. The molecule has 0 fully saturated rings. The highest BCUT2D eigenvalue weighted by atomic mass is 16.4. The number of rotatable bonds is 4. The average molecular weight is 250 g/mol. The third kappa shape index (κ3) is 4.97. The summed E-state index contributed by atoms with van der Waals surface area (Å²) in [6.45, 7) is 6.07. The second kappa shape index (κ2) is 5.64. The van der Waals surface area contributed by atoms with Gasteiger partial charge in [-0.05, 0) is 39.0 Å². The number of carbonyl (C=O) groups is 2. The molecular weight excluding hydrogens is 232 g/mol. The van der Waals surface area contributed by atoms with Gasteiger partial charge in [0.15, 0.2) is 0 Å². The summed E-state index contributed by atoms with van der Waals surface area (Å²) >= 11 is 0. The van der Waals surface area contributed by atoms with Crippen LogP contribution in [-0.4, -0.2) is 29.1 Å². The van der Waals surface area contributed by atoms with Crippen molar-refractivity contribution in [2.75, 3.05) is 11.9 Å². The number of hydrogen-bond acceptors (Lipinski definition) is 3. The monoisotopic (exact) mass is 250 g/mol. The predicted molar refractivity (Wildman–Crippen MR) is 69.8 cm³/mol. The van der Waals surface area contributed by atoms with Gasteiger partial charge in [-0.1, -0.05) is 6.07 Å². The topological polar surface area (TPSA) is 78.4 Å². The van der Waals surface area contributed by atoms with Crippen LogP contribution in [0.3, 0.4) is 0 Å². The molecule has 98 valence electrons. The van der Waals surface area contributed by atoms with Crippen LogP contribution in [0.25, 0.3) is 0 Å². The molecular formula is C13H18N2O3. The molecule has 0 radical (unpaired) electrons. The molecule has 0 saturated heterocycles. The molecule has 5 heteroatoms. The highest BCUT2D eigenvalue weighted by Crippen LogP contribution is 2.10. The number of carboxylic acid groups (broad SMARTS) is 1. The van der Waals surface area contributed by atoms with E-state index in [0.29, 0.717) is 5.69 Å². The van der Waals surface area contributed by atoms with Crippen LogP contribution in [0.1, 0.15) is 31.1 Å². The van der Waals surface area contributed by atoms with E-state index in [9.17, 15) is 9.59 Å². The van der Waals surface area contributed by atoms with Crippen molar-refractivity contribution < 1.29 is 14.7 Å². The van der Waals surface area contributed by atoms with Gasteiger partial charge in [0.2, 0.25) is 5.91 Å². The Labute approximate surface area is 106 Å². The number of carbonyl (C=O) groups excluding carboxylic acids is 1. The van der Waals surface area contributed by atoms with Gasteiger partial charge in [-0.3, -0.25) is 4.79 Å². The zero-order valence-electron chi connectivity index (χ0n) is 10.8. The van der Waals surface area contributed by atoms with Crippen molar-refractivity contribution in [2.45, 2.75) is 26.3 Å². The molecule has 0 unspecified atom stereocenters. The van der Waals surface area contributed by atoms with Crippen LogP contribution in [0.15, 0.2) is 24.3 Å². The van der Waals surface area contributed by atoms with Crippen LogP contribution in [-0.2, 0) is 4.79 Å². The van der Waals surface area contributed by atoms with Crippen molar-refractivity contribution >= 4 is 17.6 Å². The largest absolute Gasteiger partial charge is 0.478 e. The van der Waals surface area contributed by atoms with Crippen molar-refractivity contribution in [3.8, 4) is 0 Å². The Bertz CT molecular complexity index is 450. The van der Waals surface area contributed by atoms with Crippen molar-refractivity contribution in [3.63, 3.8) is 0 Å². The SMILES string of the molecule is CC(C)(C)NCC(=O)Nc1cccc(C(=O)O)c1. The molecule has 1 aromatic carbocycles. The van der Waals surface area contributed by atoms with Crippen molar-refractivity contribution in [3.05, 3.63) is 29.8 Å². The molecule has 0 spiro atoms. The van der Waals surface area contributed by atoms with Gasteiger partial charge in [0.1, 0.15) is 0 Å². The Hall–Kier alpha value is -1.88. The summed E-state index contributed by atoms with van der Waals surface area (Å²) in [6.07, 6.45) is 0. The first-order chi connectivity index (χ1) is 8.28. The fraction of sp³-hybridized carbons (Fsp3) is 0.385. The van der Waals surface area contributed by atoms with E-state index in [0.717, 1.165) is 0 Å². The normalized spacial score (nSPS) is 11.1. The predicted octanol–water partition coefficient (Wildman–Crippen LogP) is 1.71. The second-order valence-corrected chi connectivity index (χ2v) is 5.04. The molecule has 1 aromatic rings. The van der Waals surface area contributed by atoms with Gasteiger partial charge < -0.3 is 15.7 Å². The fourth-order valence-corrected chi connectivity index (χ4v) is 1.28. The number of anilines is 1. The zero-order chi connectivity index (χ0) is 13.8. The van der Waals surface area contributed by atoms with Crippen LogP contribution in [0, 0.1) is 0 Å². The molecule has 18 heavy (non-hydrogen) atoms. The third-order valence-corrected chi connectivity index (χ3v) is 2.17. The molecule has 0 atom stereocenters. The van der Waals surface area contributed by atoms with Gasteiger partial charge >= 0.3 is 5.97 Å². The molecule has 0 aliphatic carbocycles. The summed E-state index contributed by atoms with van der Waals surface area (Å²) in [6, 6.07) is 6.15. The summed E-state index contributed by atoms with van der Waals surface area (Å²) in [5.74, 6) is -1.22. The quantitative estimate of drug-likeness (QED) is 0.760. The Balaban J connectivity index is 2.59. The number of aromatic carboxylic acids is 1. The first-order valence-corrected chi connectivity index (χ1v) is 5.66. The Kier molecular flexibility index (Phi) is 4.44. The summed E-state index contributed by atoms with van der Waals surface area (Å²) in [5.41, 5.74) is 0.493. The molecule has 1 amide bonds. The number of nitrogens with one attached hydrogen (secondary N) is 2. The molecule has 0 aliphatic heterocycles. The standard InChI is InChI=1S/C13H18N2O3/c1-13(2,3)14-8-11(16)15-10-6-4-5-9(7-10)12(17)18/h4-7,14H,8H2,1-3H3,(H,15,16)(H,17,18). The summed E-state index contributed by atoms with van der Waals surface area (Å²) in [4.78, 5) is 22.4. The lowest BCUT2D eigenvalue weighted by Crippen LogP contribution is -2.41. The highest BCUT2D eigenvalue weighted by molar-refractivity contribution is 5.94. The number of benzene rings is 1. The van der Waals surface area contributed by atoms with E-state index >= 15 is 0 Å². The lowest BCUT2D eigenvalue weighted by atomic mass is 10.1. The van der Waals surface area contributed by atoms with E-state index in [1.54, 1.807) is 12.1 Å². The first-order valence-electron chi connectivity index (χ1n) is 5.66. The van der Waals surface area contributed by atoms with Crippen LogP contribution >= 0.6 is 0 Å². The van der Waals surface area contributed by atoms with Gasteiger partial charge in [-0.25, -0.2) is 4.79 Å². The molecule has 5 nitrogen and oxygen atoms in total. The zero-order valence-corrected chi connectivity index (χ0v) is 10.8. The number of hydrogen-bond donors (Lipinski definition) is 3. The van der Waals surface area contributed by atoms with Crippen molar-refractivity contribution in [1.29, 1.82) is 0 Å². The lowest BCUT2D eigenvalue weighted by Gasteiger charge is -2.20. The molecule has 0 aliphatic rings. The van der Waals surface area contributed by atoms with E-state index in [2.05, 4.69) is 10.6 Å². The Morgan fingerprint density at radius 3 is 2.50 bits per heavy atom. The fourth-order valence-electron chi connectivity index (χ4n) is 1.28. The number of amides is 1. The highest BCUT2D eigenvalue weighted by Gasteiger charge is 2.11. The van der Waals surface area contributed by atoms with Gasteiger partial charge in [0.05, 0.1) is 12.1 Å². The van der Waals surface area contributed by atoms with E-state index in [4.69, 9.17) is 5.11 Å². The van der Waals surface area contributed by atoms with Gasteiger partial charge in [0, 0.05) is 11.2 Å². The van der Waals surface area contributed by atoms with E-state index < -0.39 is 5.97 Å². The molecule has 0 saturated carbocycles. The lowest BCUT2D eigenvalue weighted by molar-refractivity contribution is -0.115. The minimum Gasteiger partial charge on any atom is -0.478 e. The third-order valence-electron chi connectivity index (χ3n) is 2.17. The molecule has 0 heterocycles. The maximum atomic E-state index is 11.6. The van der Waals surface area contributed by atoms with Gasteiger partial charge in [0.25, 0.3) is 0 Å². The first kappa shape index (κ1) is 14.2. The minimum absolute atomic E-state index is 0.139. The van der Waals surface area contributed by atoms with Crippen molar-refractivity contribution in [1.82, 2.24) is 5.32 Å². The number of carboxylic acids is 1. The van der Waals surface area contributed by atoms with E-state index in [1.807, 2.05) is 20.8 Å². The maximum Gasteiger partial charge on any atom is 0.335 e. The van der Waals surface area contributed by atoms with Crippen molar-refractivity contribution in [2.24, 2.45) is 0 Å². The van der Waals surface area contributed by atoms with E-state index in [-0.39, 0.29) is 23.6 Å². The summed E-state index contributed by atoms with van der Waals surface area (Å²) in [7, 11) is 0. The van der Waals surface area contributed by atoms with Crippen LogP contribution < -0.4 is 10.6 Å². The summed E-state index contributed by atoms with van der Waals surface area (Å²) in [5, 5.41) is 14.5. The average Bonchev–Trinajstić information content (AvgIpc) is 2.26. The maximum absolute atomic E-state index is 11.6.